The summed E-state index contributed by atoms with van der Waals surface area (Å²) in [5.74, 6) is 0. The normalized spacial score (nSPS) is 14.1. The molecule has 0 aliphatic rings. The fourth-order valence-electron chi connectivity index (χ4n) is 1.98. The van der Waals surface area contributed by atoms with E-state index in [9.17, 15) is 5.11 Å². The SMILES string of the molecule is CCOC(CC)(CC)C(O)c1cscc1Br. The maximum Gasteiger partial charge on any atom is 0.110 e. The minimum Gasteiger partial charge on any atom is -0.385 e. The van der Waals surface area contributed by atoms with Gasteiger partial charge in [0.1, 0.15) is 6.10 Å². The van der Waals surface area contributed by atoms with Gasteiger partial charge in [-0.25, -0.2) is 0 Å². The van der Waals surface area contributed by atoms with Crippen LogP contribution in [0, 0.1) is 0 Å². The summed E-state index contributed by atoms with van der Waals surface area (Å²) in [6.07, 6.45) is 1.05. The van der Waals surface area contributed by atoms with Gasteiger partial charge >= 0.3 is 0 Å². The number of rotatable bonds is 6. The molecule has 1 heterocycles. The average Bonchev–Trinajstić information content (AvgIpc) is 2.71. The number of halogens is 1. The van der Waals surface area contributed by atoms with Crippen molar-refractivity contribution in [2.24, 2.45) is 0 Å². The Bertz CT molecular complexity index is 321. The van der Waals surface area contributed by atoms with E-state index in [0.717, 1.165) is 22.9 Å². The van der Waals surface area contributed by atoms with Crippen LogP contribution < -0.4 is 0 Å². The van der Waals surface area contributed by atoms with Crippen LogP contribution in [-0.4, -0.2) is 17.3 Å². The van der Waals surface area contributed by atoms with Crippen molar-refractivity contribution in [3.8, 4) is 0 Å². The Hall–Kier alpha value is 0.100. The van der Waals surface area contributed by atoms with Gasteiger partial charge in [0.25, 0.3) is 0 Å². The number of thiophene rings is 1. The van der Waals surface area contributed by atoms with Crippen LogP contribution in [0.15, 0.2) is 15.2 Å². The van der Waals surface area contributed by atoms with Gasteiger partial charge in [-0.3, -0.25) is 0 Å². The molecule has 1 rings (SSSR count). The number of hydrogen-bond acceptors (Lipinski definition) is 3. The molecule has 1 N–H and O–H groups in total. The molecule has 0 saturated heterocycles. The molecule has 1 aromatic rings. The summed E-state index contributed by atoms with van der Waals surface area (Å²) < 4.78 is 6.77. The number of aliphatic hydroxyl groups is 1. The van der Waals surface area contributed by atoms with E-state index in [2.05, 4.69) is 29.8 Å². The van der Waals surface area contributed by atoms with Crippen molar-refractivity contribution in [1.82, 2.24) is 0 Å². The fraction of sp³-hybridized carbons (Fsp3) is 0.667. The quantitative estimate of drug-likeness (QED) is 0.856. The van der Waals surface area contributed by atoms with Crippen molar-refractivity contribution in [2.75, 3.05) is 6.61 Å². The van der Waals surface area contributed by atoms with E-state index in [1.165, 1.54) is 0 Å². The highest BCUT2D eigenvalue weighted by Crippen LogP contribution is 2.39. The molecular weight excluding hydrogens is 288 g/mol. The molecule has 16 heavy (non-hydrogen) atoms. The van der Waals surface area contributed by atoms with Crippen LogP contribution in [-0.2, 0) is 4.74 Å². The molecular formula is C12H19BrO2S. The lowest BCUT2D eigenvalue weighted by Crippen LogP contribution is -2.38. The lowest BCUT2D eigenvalue weighted by Gasteiger charge is -2.36. The maximum absolute atomic E-state index is 10.5. The highest BCUT2D eigenvalue weighted by atomic mass is 79.9. The number of hydrogen-bond donors (Lipinski definition) is 1. The lowest BCUT2D eigenvalue weighted by molar-refractivity contribution is -0.127. The van der Waals surface area contributed by atoms with E-state index < -0.39 is 11.7 Å². The van der Waals surface area contributed by atoms with Gasteiger partial charge in [0.2, 0.25) is 0 Å². The molecule has 0 aliphatic heterocycles. The summed E-state index contributed by atoms with van der Waals surface area (Å²) in [6, 6.07) is 0. The van der Waals surface area contributed by atoms with Crippen molar-refractivity contribution < 1.29 is 9.84 Å². The molecule has 0 spiro atoms. The molecule has 1 unspecified atom stereocenters. The molecule has 0 aromatic carbocycles. The topological polar surface area (TPSA) is 29.5 Å². The molecule has 0 fully saturated rings. The average molecular weight is 307 g/mol. The number of aliphatic hydroxyl groups excluding tert-OH is 1. The summed E-state index contributed by atoms with van der Waals surface area (Å²) in [6.45, 7) is 6.71. The smallest absolute Gasteiger partial charge is 0.110 e. The van der Waals surface area contributed by atoms with E-state index in [0.29, 0.717) is 6.61 Å². The van der Waals surface area contributed by atoms with Crippen LogP contribution in [0.2, 0.25) is 0 Å². The third kappa shape index (κ3) is 2.67. The summed E-state index contributed by atoms with van der Waals surface area (Å²) in [4.78, 5) is 0. The van der Waals surface area contributed by atoms with Gasteiger partial charge in [0, 0.05) is 22.0 Å². The van der Waals surface area contributed by atoms with Crippen molar-refractivity contribution in [3.05, 3.63) is 20.8 Å². The molecule has 2 nitrogen and oxygen atoms in total. The van der Waals surface area contributed by atoms with E-state index in [1.54, 1.807) is 11.3 Å². The highest BCUT2D eigenvalue weighted by Gasteiger charge is 2.37. The Morgan fingerprint density at radius 1 is 1.38 bits per heavy atom. The molecule has 92 valence electrons. The van der Waals surface area contributed by atoms with E-state index in [4.69, 9.17) is 4.74 Å². The first-order valence-electron chi connectivity index (χ1n) is 5.64. The first-order valence-corrected chi connectivity index (χ1v) is 7.38. The predicted molar refractivity (Wildman–Crippen MR) is 71.9 cm³/mol. The second-order valence-electron chi connectivity index (χ2n) is 3.78. The van der Waals surface area contributed by atoms with E-state index in [1.807, 2.05) is 17.7 Å². The molecule has 1 aromatic heterocycles. The first kappa shape index (κ1) is 14.2. The molecule has 0 radical (unpaired) electrons. The molecule has 0 bridgehead atoms. The second-order valence-corrected chi connectivity index (χ2v) is 5.38. The van der Waals surface area contributed by atoms with Gasteiger partial charge in [-0.15, -0.1) is 0 Å². The minimum atomic E-state index is -0.567. The van der Waals surface area contributed by atoms with E-state index >= 15 is 0 Å². The van der Waals surface area contributed by atoms with Gasteiger partial charge in [0.15, 0.2) is 0 Å². The van der Waals surface area contributed by atoms with Crippen molar-refractivity contribution in [1.29, 1.82) is 0 Å². The minimum absolute atomic E-state index is 0.460. The van der Waals surface area contributed by atoms with Crippen molar-refractivity contribution in [3.63, 3.8) is 0 Å². The fourth-order valence-corrected chi connectivity index (χ4v) is 3.51. The Labute approximate surface area is 110 Å². The van der Waals surface area contributed by atoms with Crippen LogP contribution in [0.5, 0.6) is 0 Å². The molecule has 4 heteroatoms. The predicted octanol–water partition coefficient (Wildman–Crippen LogP) is 4.14. The van der Waals surface area contributed by atoms with Crippen molar-refractivity contribution >= 4 is 27.3 Å². The van der Waals surface area contributed by atoms with Crippen LogP contribution in [0.3, 0.4) is 0 Å². The summed E-state index contributed by atoms with van der Waals surface area (Å²) in [7, 11) is 0. The second kappa shape index (κ2) is 6.15. The van der Waals surface area contributed by atoms with Crippen LogP contribution >= 0.6 is 27.3 Å². The Kier molecular flexibility index (Phi) is 5.44. The van der Waals surface area contributed by atoms with Crippen LogP contribution in [0.1, 0.15) is 45.3 Å². The molecule has 0 amide bonds. The lowest BCUT2D eigenvalue weighted by atomic mass is 9.87. The summed E-state index contributed by atoms with van der Waals surface area (Å²) in [5.41, 5.74) is 0.473. The van der Waals surface area contributed by atoms with Crippen LogP contribution in [0.25, 0.3) is 0 Å². The number of ether oxygens (including phenoxy) is 1. The maximum atomic E-state index is 10.5. The Morgan fingerprint density at radius 2 is 2.00 bits per heavy atom. The zero-order valence-electron chi connectivity index (χ0n) is 10.00. The summed E-state index contributed by atoms with van der Waals surface area (Å²) >= 11 is 5.05. The standard InChI is InChI=1S/C12H19BrO2S/c1-4-12(5-2,15-6-3)11(14)9-7-16-8-10(9)13/h7-8,11,14H,4-6H2,1-3H3. The zero-order valence-corrected chi connectivity index (χ0v) is 12.4. The monoisotopic (exact) mass is 306 g/mol. The van der Waals surface area contributed by atoms with E-state index in [-0.39, 0.29) is 0 Å². The first-order chi connectivity index (χ1) is 7.61. The van der Waals surface area contributed by atoms with Gasteiger partial charge in [-0.1, -0.05) is 13.8 Å². The summed E-state index contributed by atoms with van der Waals surface area (Å²) in [5, 5.41) is 14.4. The third-order valence-electron chi connectivity index (χ3n) is 3.06. The molecule has 0 saturated carbocycles. The van der Waals surface area contributed by atoms with Crippen LogP contribution in [0.4, 0.5) is 0 Å². The Morgan fingerprint density at radius 3 is 2.38 bits per heavy atom. The Balaban J connectivity index is 2.99. The largest absolute Gasteiger partial charge is 0.385 e. The van der Waals surface area contributed by atoms with Gasteiger partial charge < -0.3 is 9.84 Å². The van der Waals surface area contributed by atoms with Gasteiger partial charge in [0.05, 0.1) is 5.60 Å². The van der Waals surface area contributed by atoms with Gasteiger partial charge in [-0.05, 0) is 41.1 Å². The third-order valence-corrected chi connectivity index (χ3v) is 4.82. The zero-order chi connectivity index (χ0) is 12.2. The highest BCUT2D eigenvalue weighted by molar-refractivity contribution is 9.10. The molecule has 1 atom stereocenters. The van der Waals surface area contributed by atoms with Gasteiger partial charge in [-0.2, -0.15) is 11.3 Å². The van der Waals surface area contributed by atoms with Crippen molar-refractivity contribution in [2.45, 2.75) is 45.3 Å². The molecule has 0 aliphatic carbocycles.